The van der Waals surface area contributed by atoms with E-state index < -0.39 is 6.10 Å². The number of hydrogen-bond acceptors (Lipinski definition) is 4. The van der Waals surface area contributed by atoms with Gasteiger partial charge in [-0.25, -0.2) is 0 Å². The fourth-order valence-electron chi connectivity index (χ4n) is 2.12. The van der Waals surface area contributed by atoms with Crippen molar-refractivity contribution in [2.45, 2.75) is 13.0 Å². The Bertz CT molecular complexity index is 753. The van der Waals surface area contributed by atoms with Crippen LogP contribution in [0.1, 0.15) is 6.92 Å². The van der Waals surface area contributed by atoms with Gasteiger partial charge in [0.1, 0.15) is 12.0 Å². The molecule has 0 aliphatic carbocycles. The number of hydrogen-bond donors (Lipinski definition) is 1. The molecular weight excluding hydrogens is 292 g/mol. The molecule has 0 spiro atoms. The minimum Gasteiger partial charge on any atom is -0.481 e. The number of anilines is 1. The van der Waals surface area contributed by atoms with Crippen LogP contribution in [0.25, 0.3) is 11.1 Å². The molecule has 0 unspecified atom stereocenters. The number of nitrogens with one attached hydrogen (secondary N) is 1. The van der Waals surface area contributed by atoms with Gasteiger partial charge in [-0.15, -0.1) is 0 Å². The van der Waals surface area contributed by atoms with Crippen molar-refractivity contribution in [3.8, 4) is 16.9 Å². The SMILES string of the molecule is C[C@@H](Oc1ccc(-c2ccccc2)cc1)C(=O)Nc1ccon1. The molecule has 5 heteroatoms. The molecule has 1 atom stereocenters. The average Bonchev–Trinajstić information content (AvgIpc) is 3.09. The third-order valence-electron chi connectivity index (χ3n) is 3.33. The van der Waals surface area contributed by atoms with Crippen molar-refractivity contribution < 1.29 is 14.1 Å². The summed E-state index contributed by atoms with van der Waals surface area (Å²) >= 11 is 0. The van der Waals surface area contributed by atoms with Crippen molar-refractivity contribution in [1.29, 1.82) is 0 Å². The number of amides is 1. The van der Waals surface area contributed by atoms with E-state index in [4.69, 9.17) is 4.74 Å². The predicted octanol–water partition coefficient (Wildman–Crippen LogP) is 3.75. The van der Waals surface area contributed by atoms with Crippen LogP contribution in [-0.2, 0) is 4.79 Å². The summed E-state index contributed by atoms with van der Waals surface area (Å²) < 4.78 is 10.3. The van der Waals surface area contributed by atoms with Crippen LogP contribution in [0.5, 0.6) is 5.75 Å². The molecule has 0 saturated heterocycles. The topological polar surface area (TPSA) is 64.4 Å². The van der Waals surface area contributed by atoms with Gasteiger partial charge in [-0.05, 0) is 30.2 Å². The van der Waals surface area contributed by atoms with Crippen molar-refractivity contribution >= 4 is 11.7 Å². The van der Waals surface area contributed by atoms with Crippen molar-refractivity contribution in [3.05, 3.63) is 66.9 Å². The highest BCUT2D eigenvalue weighted by Crippen LogP contribution is 2.22. The molecule has 0 bridgehead atoms. The van der Waals surface area contributed by atoms with Gasteiger partial charge in [0.15, 0.2) is 11.9 Å². The van der Waals surface area contributed by atoms with Gasteiger partial charge in [0.25, 0.3) is 5.91 Å². The van der Waals surface area contributed by atoms with E-state index in [1.165, 1.54) is 6.26 Å². The average molecular weight is 308 g/mol. The smallest absolute Gasteiger partial charge is 0.266 e. The van der Waals surface area contributed by atoms with Gasteiger partial charge in [-0.2, -0.15) is 0 Å². The zero-order valence-corrected chi connectivity index (χ0v) is 12.6. The predicted molar refractivity (Wildman–Crippen MR) is 87.1 cm³/mol. The van der Waals surface area contributed by atoms with Crippen LogP contribution < -0.4 is 10.1 Å². The molecule has 1 amide bonds. The summed E-state index contributed by atoms with van der Waals surface area (Å²) in [4.78, 5) is 12.0. The third-order valence-corrected chi connectivity index (χ3v) is 3.33. The summed E-state index contributed by atoms with van der Waals surface area (Å²) in [5.41, 5.74) is 2.23. The second-order valence-electron chi connectivity index (χ2n) is 5.02. The van der Waals surface area contributed by atoms with E-state index in [2.05, 4.69) is 15.0 Å². The first-order valence-electron chi connectivity index (χ1n) is 7.26. The number of carbonyl (C=O) groups excluding carboxylic acids is 1. The molecule has 3 rings (SSSR count). The number of ether oxygens (including phenoxy) is 1. The molecule has 1 N–H and O–H groups in total. The van der Waals surface area contributed by atoms with E-state index in [0.29, 0.717) is 11.6 Å². The molecule has 3 aromatic rings. The Labute approximate surface area is 133 Å². The molecular formula is C18H16N2O3. The number of nitrogens with zero attached hydrogens (tertiary/aromatic N) is 1. The van der Waals surface area contributed by atoms with Crippen LogP contribution in [0.2, 0.25) is 0 Å². The van der Waals surface area contributed by atoms with Gasteiger partial charge in [-0.3, -0.25) is 4.79 Å². The number of rotatable bonds is 5. The highest BCUT2D eigenvalue weighted by molar-refractivity contribution is 5.93. The maximum Gasteiger partial charge on any atom is 0.266 e. The standard InChI is InChI=1S/C18H16N2O3/c1-13(18(21)19-17-11-12-22-20-17)23-16-9-7-15(8-10-16)14-5-3-2-4-6-14/h2-13H,1H3,(H,19,20,21)/t13-/m1/s1. The minimum absolute atomic E-state index is 0.286. The summed E-state index contributed by atoms with van der Waals surface area (Å²) in [6.07, 6.45) is 0.748. The molecule has 23 heavy (non-hydrogen) atoms. The normalized spacial score (nSPS) is 11.7. The number of carbonyl (C=O) groups is 1. The molecule has 0 radical (unpaired) electrons. The Morgan fingerprint density at radius 3 is 2.39 bits per heavy atom. The van der Waals surface area contributed by atoms with Crippen LogP contribution in [0.3, 0.4) is 0 Å². The molecule has 1 aromatic heterocycles. The monoisotopic (exact) mass is 308 g/mol. The second kappa shape index (κ2) is 6.79. The molecule has 1 heterocycles. The maximum atomic E-state index is 12.0. The van der Waals surface area contributed by atoms with Gasteiger partial charge < -0.3 is 14.6 Å². The summed E-state index contributed by atoms with van der Waals surface area (Å²) in [6.45, 7) is 1.68. The zero-order valence-electron chi connectivity index (χ0n) is 12.6. The van der Waals surface area contributed by atoms with Crippen LogP contribution in [0.15, 0.2) is 71.4 Å². The fourth-order valence-corrected chi connectivity index (χ4v) is 2.12. The van der Waals surface area contributed by atoms with E-state index >= 15 is 0 Å². The van der Waals surface area contributed by atoms with E-state index in [9.17, 15) is 4.79 Å². The maximum absolute atomic E-state index is 12.0. The largest absolute Gasteiger partial charge is 0.481 e. The summed E-state index contributed by atoms with van der Waals surface area (Å²) in [5, 5.41) is 6.24. The fraction of sp³-hybridized carbons (Fsp3) is 0.111. The molecule has 2 aromatic carbocycles. The number of aromatic nitrogens is 1. The third kappa shape index (κ3) is 3.77. The molecule has 5 nitrogen and oxygen atoms in total. The first-order valence-corrected chi connectivity index (χ1v) is 7.26. The van der Waals surface area contributed by atoms with Crippen LogP contribution in [-0.4, -0.2) is 17.2 Å². The van der Waals surface area contributed by atoms with E-state index in [-0.39, 0.29) is 5.91 Å². The van der Waals surface area contributed by atoms with Crippen molar-refractivity contribution in [3.63, 3.8) is 0 Å². The summed E-state index contributed by atoms with van der Waals surface area (Å²) in [6, 6.07) is 19.3. The molecule has 0 saturated carbocycles. The molecule has 0 fully saturated rings. The first kappa shape index (κ1) is 14.8. The van der Waals surface area contributed by atoms with Crippen LogP contribution in [0, 0.1) is 0 Å². The highest BCUT2D eigenvalue weighted by atomic mass is 16.5. The molecule has 0 aliphatic heterocycles. The lowest BCUT2D eigenvalue weighted by molar-refractivity contribution is -0.122. The van der Waals surface area contributed by atoms with Gasteiger partial charge in [-0.1, -0.05) is 47.6 Å². The van der Waals surface area contributed by atoms with Gasteiger partial charge in [0.05, 0.1) is 0 Å². The van der Waals surface area contributed by atoms with Gasteiger partial charge in [0.2, 0.25) is 0 Å². The van der Waals surface area contributed by atoms with Crippen molar-refractivity contribution in [2.75, 3.05) is 5.32 Å². The van der Waals surface area contributed by atoms with Crippen LogP contribution >= 0.6 is 0 Å². The van der Waals surface area contributed by atoms with Gasteiger partial charge in [0, 0.05) is 6.07 Å². The second-order valence-corrected chi connectivity index (χ2v) is 5.02. The van der Waals surface area contributed by atoms with Crippen molar-refractivity contribution in [2.24, 2.45) is 0 Å². The Hall–Kier alpha value is -3.08. The Morgan fingerprint density at radius 1 is 1.04 bits per heavy atom. The number of benzene rings is 2. The lowest BCUT2D eigenvalue weighted by atomic mass is 10.1. The van der Waals surface area contributed by atoms with E-state index in [1.54, 1.807) is 13.0 Å². The van der Waals surface area contributed by atoms with Gasteiger partial charge >= 0.3 is 0 Å². The lowest BCUT2D eigenvalue weighted by Gasteiger charge is -2.14. The highest BCUT2D eigenvalue weighted by Gasteiger charge is 2.15. The minimum atomic E-state index is -0.644. The lowest BCUT2D eigenvalue weighted by Crippen LogP contribution is -2.30. The quantitative estimate of drug-likeness (QED) is 0.779. The summed E-state index contributed by atoms with van der Waals surface area (Å²) in [5.74, 6) is 0.711. The Balaban J connectivity index is 1.62. The Morgan fingerprint density at radius 2 is 1.74 bits per heavy atom. The van der Waals surface area contributed by atoms with E-state index in [0.717, 1.165) is 11.1 Å². The van der Waals surface area contributed by atoms with E-state index in [1.807, 2.05) is 54.6 Å². The summed E-state index contributed by atoms with van der Waals surface area (Å²) in [7, 11) is 0. The van der Waals surface area contributed by atoms with Crippen molar-refractivity contribution in [1.82, 2.24) is 5.16 Å². The zero-order chi connectivity index (χ0) is 16.1. The molecule has 116 valence electrons. The molecule has 0 aliphatic rings. The van der Waals surface area contributed by atoms with Crippen LogP contribution in [0.4, 0.5) is 5.82 Å². The first-order chi connectivity index (χ1) is 11.2. The Kier molecular flexibility index (Phi) is 4.38.